The third-order valence-electron chi connectivity index (χ3n) is 4.06. The van der Waals surface area contributed by atoms with Crippen LogP contribution in [-0.2, 0) is 6.54 Å². The maximum atomic E-state index is 13.8. The van der Waals surface area contributed by atoms with Crippen molar-refractivity contribution >= 4 is 18.3 Å². The van der Waals surface area contributed by atoms with Gasteiger partial charge in [0, 0.05) is 18.2 Å². The number of hydrogen-bond donors (Lipinski definition) is 2. The zero-order valence-corrected chi connectivity index (χ0v) is 17.7. The molecule has 9 nitrogen and oxygen atoms in total. The van der Waals surface area contributed by atoms with Gasteiger partial charge in [-0.2, -0.15) is 0 Å². The SMILES string of the molecule is COc1ccc(C(=O)NCCOc2nonc2C)cc1Oc1cc(F)cc(CN)c1.Cl. The lowest BCUT2D eigenvalue weighted by atomic mass is 10.1. The lowest BCUT2D eigenvalue weighted by Crippen LogP contribution is -2.28. The van der Waals surface area contributed by atoms with Crippen LogP contribution in [0, 0.1) is 12.7 Å². The number of benzene rings is 2. The predicted molar refractivity (Wildman–Crippen MR) is 111 cm³/mol. The van der Waals surface area contributed by atoms with Crippen molar-refractivity contribution in [3.05, 3.63) is 59.0 Å². The zero-order chi connectivity index (χ0) is 21.5. The Hall–Kier alpha value is -3.37. The molecule has 166 valence electrons. The van der Waals surface area contributed by atoms with Crippen LogP contribution in [0.15, 0.2) is 41.0 Å². The second-order valence-electron chi connectivity index (χ2n) is 6.23. The summed E-state index contributed by atoms with van der Waals surface area (Å²) in [6.07, 6.45) is 0. The molecule has 0 aliphatic heterocycles. The molecule has 3 rings (SSSR count). The minimum Gasteiger partial charge on any atom is -0.493 e. The number of methoxy groups -OCH3 is 1. The minimum absolute atomic E-state index is 0. The van der Waals surface area contributed by atoms with Gasteiger partial charge in [0.05, 0.1) is 13.7 Å². The molecule has 0 atom stereocenters. The van der Waals surface area contributed by atoms with E-state index in [0.29, 0.717) is 22.6 Å². The standard InChI is InChI=1S/C20H21FN4O5.ClH/c1-12-20(25-30-24-12)28-6-5-23-19(26)14-3-4-17(27-2)18(9-14)29-16-8-13(11-22)7-15(21)10-16;/h3-4,7-10H,5-6,11,22H2,1-2H3,(H,23,26);1H. The van der Waals surface area contributed by atoms with Crippen LogP contribution in [0.25, 0.3) is 0 Å². The molecule has 0 unspecified atom stereocenters. The summed E-state index contributed by atoms with van der Waals surface area (Å²) < 4.78 is 34.7. The number of amides is 1. The summed E-state index contributed by atoms with van der Waals surface area (Å²) >= 11 is 0. The number of carbonyl (C=O) groups excluding carboxylic acids is 1. The molecule has 31 heavy (non-hydrogen) atoms. The van der Waals surface area contributed by atoms with Crippen LogP contribution in [-0.4, -0.2) is 36.5 Å². The van der Waals surface area contributed by atoms with E-state index in [4.69, 9.17) is 19.9 Å². The zero-order valence-electron chi connectivity index (χ0n) is 16.9. The first-order valence-electron chi connectivity index (χ1n) is 9.05. The third-order valence-corrected chi connectivity index (χ3v) is 4.06. The number of aromatic nitrogens is 2. The molecule has 0 radical (unpaired) electrons. The number of nitrogens with two attached hydrogens (primary N) is 1. The molecule has 1 amide bonds. The van der Waals surface area contributed by atoms with E-state index in [1.807, 2.05) is 0 Å². The highest BCUT2D eigenvalue weighted by Gasteiger charge is 2.13. The Labute approximate surface area is 184 Å². The normalized spacial score (nSPS) is 10.2. The van der Waals surface area contributed by atoms with Crippen LogP contribution < -0.4 is 25.3 Å². The average Bonchev–Trinajstić information content (AvgIpc) is 3.15. The molecule has 2 aromatic carbocycles. The van der Waals surface area contributed by atoms with Gasteiger partial charge >= 0.3 is 0 Å². The summed E-state index contributed by atoms with van der Waals surface area (Å²) in [5.74, 6) is 0.357. The summed E-state index contributed by atoms with van der Waals surface area (Å²) in [6.45, 7) is 2.28. The van der Waals surface area contributed by atoms with Gasteiger partial charge in [-0.05, 0) is 48.0 Å². The lowest BCUT2D eigenvalue weighted by molar-refractivity contribution is 0.0946. The number of nitrogens with zero attached hydrogens (tertiary/aromatic N) is 2. The molecular formula is C20H22ClFN4O5. The molecule has 11 heteroatoms. The van der Waals surface area contributed by atoms with Gasteiger partial charge in [-0.25, -0.2) is 9.02 Å². The van der Waals surface area contributed by atoms with Gasteiger partial charge in [-0.1, -0.05) is 5.16 Å². The highest BCUT2D eigenvalue weighted by molar-refractivity contribution is 5.94. The molecule has 0 aliphatic carbocycles. The van der Waals surface area contributed by atoms with Crippen LogP contribution in [0.5, 0.6) is 23.1 Å². The molecule has 0 bridgehead atoms. The molecule has 0 spiro atoms. The van der Waals surface area contributed by atoms with Crippen molar-refractivity contribution in [2.75, 3.05) is 20.3 Å². The maximum Gasteiger partial charge on any atom is 0.278 e. The van der Waals surface area contributed by atoms with E-state index in [0.717, 1.165) is 0 Å². The highest BCUT2D eigenvalue weighted by atomic mass is 35.5. The van der Waals surface area contributed by atoms with Crippen molar-refractivity contribution in [2.24, 2.45) is 5.73 Å². The molecule has 0 fully saturated rings. The largest absolute Gasteiger partial charge is 0.493 e. The van der Waals surface area contributed by atoms with Crippen molar-refractivity contribution in [2.45, 2.75) is 13.5 Å². The Morgan fingerprint density at radius 3 is 2.68 bits per heavy atom. The van der Waals surface area contributed by atoms with Crippen LogP contribution in [0.1, 0.15) is 21.6 Å². The summed E-state index contributed by atoms with van der Waals surface area (Å²) in [5, 5.41) is 9.91. The minimum atomic E-state index is -0.474. The monoisotopic (exact) mass is 452 g/mol. The van der Waals surface area contributed by atoms with E-state index in [2.05, 4.69) is 20.3 Å². The molecule has 0 saturated carbocycles. The fraction of sp³-hybridized carbons (Fsp3) is 0.250. The Balaban J connectivity index is 0.00000341. The molecule has 0 saturated heterocycles. The Bertz CT molecular complexity index is 1030. The van der Waals surface area contributed by atoms with Crippen molar-refractivity contribution in [1.29, 1.82) is 0 Å². The summed E-state index contributed by atoms with van der Waals surface area (Å²) in [7, 11) is 1.47. The second-order valence-corrected chi connectivity index (χ2v) is 6.23. The predicted octanol–water partition coefficient (Wildman–Crippen LogP) is 3.01. The van der Waals surface area contributed by atoms with Gasteiger partial charge < -0.3 is 25.3 Å². The number of rotatable bonds is 9. The number of nitrogens with one attached hydrogen (secondary N) is 1. The van der Waals surface area contributed by atoms with Gasteiger partial charge in [-0.3, -0.25) is 4.79 Å². The number of halogens is 2. The Kier molecular flexibility index (Phi) is 8.59. The molecule has 3 aromatic rings. The summed E-state index contributed by atoms with van der Waals surface area (Å²) in [4.78, 5) is 12.4. The smallest absolute Gasteiger partial charge is 0.278 e. The molecule has 1 heterocycles. The maximum absolute atomic E-state index is 13.8. The Morgan fingerprint density at radius 1 is 1.19 bits per heavy atom. The second kappa shape index (κ2) is 11.1. The van der Waals surface area contributed by atoms with Crippen LogP contribution in [0.3, 0.4) is 0 Å². The lowest BCUT2D eigenvalue weighted by Gasteiger charge is -2.13. The van der Waals surface area contributed by atoms with E-state index in [-0.39, 0.29) is 55.4 Å². The number of carbonyl (C=O) groups is 1. The van der Waals surface area contributed by atoms with Crippen LogP contribution in [0.2, 0.25) is 0 Å². The summed E-state index contributed by atoms with van der Waals surface area (Å²) in [6, 6.07) is 8.86. The first-order chi connectivity index (χ1) is 14.5. The van der Waals surface area contributed by atoms with E-state index in [1.54, 1.807) is 25.1 Å². The van der Waals surface area contributed by atoms with Gasteiger partial charge in [0.25, 0.3) is 11.8 Å². The van der Waals surface area contributed by atoms with Crippen molar-refractivity contribution in [3.63, 3.8) is 0 Å². The van der Waals surface area contributed by atoms with Gasteiger partial charge in [0.1, 0.15) is 23.9 Å². The fourth-order valence-electron chi connectivity index (χ4n) is 2.59. The first-order valence-corrected chi connectivity index (χ1v) is 9.05. The van der Waals surface area contributed by atoms with Crippen LogP contribution >= 0.6 is 12.4 Å². The molecule has 0 aliphatic rings. The van der Waals surface area contributed by atoms with Gasteiger partial charge in [0.15, 0.2) is 11.5 Å². The number of hydrogen-bond acceptors (Lipinski definition) is 8. The average molecular weight is 453 g/mol. The highest BCUT2D eigenvalue weighted by Crippen LogP contribution is 2.33. The summed E-state index contributed by atoms with van der Waals surface area (Å²) in [5.41, 5.74) is 7.01. The topological polar surface area (TPSA) is 122 Å². The van der Waals surface area contributed by atoms with E-state index < -0.39 is 5.82 Å². The Morgan fingerprint density at radius 2 is 2.00 bits per heavy atom. The van der Waals surface area contributed by atoms with Gasteiger partial charge in [-0.15, -0.1) is 12.4 Å². The van der Waals surface area contributed by atoms with Gasteiger partial charge in [0.2, 0.25) is 0 Å². The molecular weight excluding hydrogens is 431 g/mol. The van der Waals surface area contributed by atoms with Crippen molar-refractivity contribution in [1.82, 2.24) is 15.6 Å². The first kappa shape index (κ1) is 23.9. The number of ether oxygens (including phenoxy) is 3. The van der Waals surface area contributed by atoms with Crippen molar-refractivity contribution in [3.8, 4) is 23.1 Å². The molecule has 1 aromatic heterocycles. The van der Waals surface area contributed by atoms with E-state index >= 15 is 0 Å². The fourth-order valence-corrected chi connectivity index (χ4v) is 2.59. The van der Waals surface area contributed by atoms with Crippen LogP contribution in [0.4, 0.5) is 4.39 Å². The van der Waals surface area contributed by atoms with E-state index in [1.165, 1.54) is 25.3 Å². The quantitative estimate of drug-likeness (QED) is 0.475. The van der Waals surface area contributed by atoms with E-state index in [9.17, 15) is 9.18 Å². The van der Waals surface area contributed by atoms with Crippen molar-refractivity contribution < 1.29 is 28.0 Å². The number of aryl methyl sites for hydroxylation is 1. The third kappa shape index (κ3) is 6.30. The molecule has 3 N–H and O–H groups in total.